The predicted octanol–water partition coefficient (Wildman–Crippen LogP) is -1.57. The molecular formula is C9H21NO5. The molecular weight excluding hydrogens is 202 g/mol. The lowest BCUT2D eigenvalue weighted by atomic mass is 10.2. The van der Waals surface area contributed by atoms with Crippen LogP contribution in [0.2, 0.25) is 0 Å². The Morgan fingerprint density at radius 1 is 1.27 bits per heavy atom. The Kier molecular flexibility index (Phi) is 7.85. The molecule has 0 aromatic carbocycles. The zero-order valence-corrected chi connectivity index (χ0v) is 9.17. The molecule has 4 atom stereocenters. The van der Waals surface area contributed by atoms with Gasteiger partial charge in [0.2, 0.25) is 0 Å². The van der Waals surface area contributed by atoms with Crippen LogP contribution in [0.3, 0.4) is 0 Å². The molecule has 0 heterocycles. The molecule has 0 aromatic heterocycles. The van der Waals surface area contributed by atoms with Crippen molar-refractivity contribution in [2.45, 2.75) is 38.4 Å². The van der Waals surface area contributed by atoms with Gasteiger partial charge >= 0.3 is 0 Å². The second kappa shape index (κ2) is 7.98. The summed E-state index contributed by atoms with van der Waals surface area (Å²) in [4.78, 5) is 0. The van der Waals surface area contributed by atoms with Crippen molar-refractivity contribution in [3.63, 3.8) is 0 Å². The summed E-state index contributed by atoms with van der Waals surface area (Å²) in [5, 5.41) is 27.0. The highest BCUT2D eigenvalue weighted by atomic mass is 16.7. The molecule has 0 bridgehead atoms. The SMILES string of the molecule is CCO[C@H](OC(CO)[C@@H](C)O)[C@@H](N)CO. The minimum absolute atomic E-state index is 0.289. The second-order valence-corrected chi connectivity index (χ2v) is 3.27. The Morgan fingerprint density at radius 3 is 2.20 bits per heavy atom. The van der Waals surface area contributed by atoms with E-state index in [1.165, 1.54) is 6.92 Å². The van der Waals surface area contributed by atoms with Crippen molar-refractivity contribution in [2.24, 2.45) is 5.73 Å². The third kappa shape index (κ3) is 5.41. The van der Waals surface area contributed by atoms with Crippen molar-refractivity contribution in [3.8, 4) is 0 Å². The first-order chi connectivity index (χ1) is 7.06. The van der Waals surface area contributed by atoms with E-state index < -0.39 is 24.5 Å². The highest BCUT2D eigenvalue weighted by molar-refractivity contribution is 4.69. The summed E-state index contributed by atoms with van der Waals surface area (Å²) in [6.07, 6.45) is -2.42. The van der Waals surface area contributed by atoms with Crippen molar-refractivity contribution in [2.75, 3.05) is 19.8 Å². The summed E-state index contributed by atoms with van der Waals surface area (Å²) in [7, 11) is 0. The van der Waals surface area contributed by atoms with Crippen LogP contribution in [0.4, 0.5) is 0 Å². The van der Waals surface area contributed by atoms with E-state index in [0.29, 0.717) is 6.61 Å². The minimum Gasteiger partial charge on any atom is -0.395 e. The van der Waals surface area contributed by atoms with Crippen LogP contribution in [-0.2, 0) is 9.47 Å². The first-order valence-corrected chi connectivity index (χ1v) is 4.99. The Balaban J connectivity index is 4.24. The highest BCUT2D eigenvalue weighted by Crippen LogP contribution is 2.07. The number of hydrogen-bond donors (Lipinski definition) is 4. The molecule has 92 valence electrons. The van der Waals surface area contributed by atoms with Gasteiger partial charge in [0.15, 0.2) is 6.29 Å². The van der Waals surface area contributed by atoms with E-state index in [0.717, 1.165) is 0 Å². The average molecular weight is 223 g/mol. The van der Waals surface area contributed by atoms with Crippen LogP contribution in [-0.4, -0.2) is 59.7 Å². The van der Waals surface area contributed by atoms with E-state index in [9.17, 15) is 5.11 Å². The fourth-order valence-electron chi connectivity index (χ4n) is 0.996. The Hall–Kier alpha value is -0.240. The van der Waals surface area contributed by atoms with Gasteiger partial charge in [-0.3, -0.25) is 0 Å². The Labute approximate surface area is 89.6 Å². The fraction of sp³-hybridized carbons (Fsp3) is 1.00. The molecule has 15 heavy (non-hydrogen) atoms. The van der Waals surface area contributed by atoms with E-state index in [1.807, 2.05) is 0 Å². The summed E-state index contributed by atoms with van der Waals surface area (Å²) >= 11 is 0. The van der Waals surface area contributed by atoms with Crippen molar-refractivity contribution in [3.05, 3.63) is 0 Å². The van der Waals surface area contributed by atoms with Gasteiger partial charge in [0.05, 0.1) is 25.4 Å². The van der Waals surface area contributed by atoms with Crippen LogP contribution in [0.15, 0.2) is 0 Å². The van der Waals surface area contributed by atoms with Gasteiger partial charge in [-0.1, -0.05) is 0 Å². The van der Waals surface area contributed by atoms with Crippen molar-refractivity contribution in [1.29, 1.82) is 0 Å². The lowest BCUT2D eigenvalue weighted by Crippen LogP contribution is -2.46. The second-order valence-electron chi connectivity index (χ2n) is 3.27. The number of aliphatic hydroxyl groups excluding tert-OH is 3. The van der Waals surface area contributed by atoms with Crippen LogP contribution in [0, 0.1) is 0 Å². The normalized spacial score (nSPS) is 19.6. The molecule has 6 nitrogen and oxygen atoms in total. The van der Waals surface area contributed by atoms with Gasteiger partial charge in [0.1, 0.15) is 6.10 Å². The molecule has 6 heteroatoms. The Bertz CT molecular complexity index is 155. The largest absolute Gasteiger partial charge is 0.395 e. The van der Waals surface area contributed by atoms with Crippen LogP contribution in [0.1, 0.15) is 13.8 Å². The van der Waals surface area contributed by atoms with Gasteiger partial charge in [0.25, 0.3) is 0 Å². The smallest absolute Gasteiger partial charge is 0.175 e. The molecule has 0 aliphatic carbocycles. The molecule has 0 saturated heterocycles. The number of aliphatic hydroxyl groups is 3. The van der Waals surface area contributed by atoms with Crippen molar-refractivity contribution >= 4 is 0 Å². The molecule has 0 amide bonds. The maximum absolute atomic E-state index is 9.24. The number of hydrogen-bond acceptors (Lipinski definition) is 6. The molecule has 0 aliphatic rings. The van der Waals surface area contributed by atoms with E-state index in [-0.39, 0.29) is 13.2 Å². The van der Waals surface area contributed by atoms with Crippen LogP contribution >= 0.6 is 0 Å². The summed E-state index contributed by atoms with van der Waals surface area (Å²) in [5.41, 5.74) is 5.54. The number of rotatable bonds is 8. The van der Waals surface area contributed by atoms with E-state index in [2.05, 4.69) is 0 Å². The third-order valence-electron chi connectivity index (χ3n) is 1.92. The zero-order valence-electron chi connectivity index (χ0n) is 9.17. The summed E-state index contributed by atoms with van der Waals surface area (Å²) in [6, 6.07) is -0.697. The van der Waals surface area contributed by atoms with Gasteiger partial charge in [-0.25, -0.2) is 0 Å². The van der Waals surface area contributed by atoms with E-state index in [1.54, 1.807) is 6.92 Å². The van der Waals surface area contributed by atoms with Gasteiger partial charge in [-0.05, 0) is 13.8 Å². The highest BCUT2D eigenvalue weighted by Gasteiger charge is 2.24. The van der Waals surface area contributed by atoms with Gasteiger partial charge in [-0.15, -0.1) is 0 Å². The Morgan fingerprint density at radius 2 is 1.87 bits per heavy atom. The summed E-state index contributed by atoms with van der Waals surface area (Å²) < 4.78 is 10.4. The fourth-order valence-corrected chi connectivity index (χ4v) is 0.996. The van der Waals surface area contributed by atoms with E-state index in [4.69, 9.17) is 25.4 Å². The molecule has 0 saturated carbocycles. The average Bonchev–Trinajstić information content (AvgIpc) is 2.22. The lowest BCUT2D eigenvalue weighted by Gasteiger charge is -2.28. The molecule has 0 fully saturated rings. The van der Waals surface area contributed by atoms with Crippen LogP contribution in [0.5, 0.6) is 0 Å². The van der Waals surface area contributed by atoms with Crippen LogP contribution in [0.25, 0.3) is 0 Å². The molecule has 5 N–H and O–H groups in total. The first kappa shape index (κ1) is 14.8. The number of ether oxygens (including phenoxy) is 2. The van der Waals surface area contributed by atoms with Gasteiger partial charge < -0.3 is 30.5 Å². The topological polar surface area (TPSA) is 105 Å². The molecule has 0 aliphatic heterocycles. The van der Waals surface area contributed by atoms with E-state index >= 15 is 0 Å². The third-order valence-corrected chi connectivity index (χ3v) is 1.92. The minimum atomic E-state index is -0.830. The molecule has 0 spiro atoms. The monoisotopic (exact) mass is 223 g/mol. The quantitative estimate of drug-likeness (QED) is 0.370. The lowest BCUT2D eigenvalue weighted by molar-refractivity contribution is -0.208. The maximum atomic E-state index is 9.24. The van der Waals surface area contributed by atoms with Crippen molar-refractivity contribution < 1.29 is 24.8 Å². The molecule has 1 unspecified atom stereocenters. The molecule has 0 rings (SSSR count). The van der Waals surface area contributed by atoms with Crippen molar-refractivity contribution in [1.82, 2.24) is 0 Å². The maximum Gasteiger partial charge on any atom is 0.175 e. The molecule has 0 aromatic rings. The zero-order chi connectivity index (χ0) is 11.8. The summed E-state index contributed by atoms with van der Waals surface area (Å²) in [5.74, 6) is 0. The first-order valence-electron chi connectivity index (χ1n) is 4.99. The predicted molar refractivity (Wildman–Crippen MR) is 54.1 cm³/mol. The number of nitrogens with two attached hydrogens (primary N) is 1. The van der Waals surface area contributed by atoms with Gasteiger partial charge in [-0.2, -0.15) is 0 Å². The summed E-state index contributed by atoms with van der Waals surface area (Å²) in [6.45, 7) is 3.00. The standard InChI is InChI=1S/C9H21NO5/c1-3-14-9(7(10)4-11)15-8(5-12)6(2)13/h6-9,11-13H,3-5,10H2,1-2H3/t6-,7+,8?,9-/m1/s1. The van der Waals surface area contributed by atoms with Crippen LogP contribution < -0.4 is 5.73 Å². The van der Waals surface area contributed by atoms with Gasteiger partial charge in [0, 0.05) is 6.61 Å². The molecule has 0 radical (unpaired) electrons.